The Morgan fingerprint density at radius 1 is 1.03 bits per heavy atom. The number of pyridine rings is 1. The van der Waals surface area contributed by atoms with Crippen molar-refractivity contribution in [3.8, 4) is 28.4 Å². The third-order valence-electron chi connectivity index (χ3n) is 4.85. The molecule has 4 aromatic rings. The summed E-state index contributed by atoms with van der Waals surface area (Å²) < 4.78 is 13.9. The number of hydrogen-bond donors (Lipinski definition) is 0. The van der Waals surface area contributed by atoms with E-state index in [4.69, 9.17) is 9.47 Å². The zero-order chi connectivity index (χ0) is 21.1. The minimum Gasteiger partial charge on any atom is -0.496 e. The van der Waals surface area contributed by atoms with Crippen LogP contribution >= 0.6 is 0 Å². The molecule has 30 heavy (non-hydrogen) atoms. The number of hydrogen-bond acceptors (Lipinski definition) is 6. The molecule has 0 saturated carbocycles. The summed E-state index contributed by atoms with van der Waals surface area (Å²) in [5, 5.41) is 7.74. The van der Waals surface area contributed by atoms with Crippen molar-refractivity contribution < 1.29 is 9.47 Å². The van der Waals surface area contributed by atoms with Crippen LogP contribution in [-0.4, -0.2) is 31.9 Å². The Labute approximate surface area is 173 Å². The normalized spacial score (nSPS) is 10.8. The Hall–Kier alpha value is -3.94. The molecule has 8 nitrogen and oxygen atoms in total. The summed E-state index contributed by atoms with van der Waals surface area (Å²) in [7, 11) is 3.20. The van der Waals surface area contributed by atoms with Gasteiger partial charge in [-0.25, -0.2) is 9.78 Å². The van der Waals surface area contributed by atoms with E-state index in [-0.39, 0.29) is 12.3 Å². The molecule has 0 fully saturated rings. The standard InChI is InChI=1S/C22H21N5O3/c1-15-7-6-9-19(27-22(28)26(2)24-25-27)18(15)14-30-21-13-16(11-12-23-21)17-8-4-5-10-20(17)29-3/h4-13H,14H2,1-3H3. The molecule has 0 saturated heterocycles. The first-order valence-electron chi connectivity index (χ1n) is 9.38. The number of methoxy groups -OCH3 is 1. The molecule has 0 aliphatic carbocycles. The Bertz CT molecular complexity index is 1250. The van der Waals surface area contributed by atoms with Crippen LogP contribution in [0.3, 0.4) is 0 Å². The van der Waals surface area contributed by atoms with Gasteiger partial charge in [-0.2, -0.15) is 9.36 Å². The van der Waals surface area contributed by atoms with E-state index in [1.54, 1.807) is 20.4 Å². The van der Waals surface area contributed by atoms with Crippen LogP contribution in [0.15, 0.2) is 65.6 Å². The maximum absolute atomic E-state index is 12.3. The fourth-order valence-electron chi connectivity index (χ4n) is 3.22. The van der Waals surface area contributed by atoms with Gasteiger partial charge in [-0.05, 0) is 46.7 Å². The van der Waals surface area contributed by atoms with Crippen LogP contribution in [0, 0.1) is 6.92 Å². The molecule has 2 aromatic carbocycles. The monoisotopic (exact) mass is 403 g/mol. The van der Waals surface area contributed by atoms with Crippen LogP contribution in [0.1, 0.15) is 11.1 Å². The second kappa shape index (κ2) is 8.20. The maximum atomic E-state index is 12.3. The number of para-hydroxylation sites is 1. The summed E-state index contributed by atoms with van der Waals surface area (Å²) in [5.74, 6) is 1.25. The number of aryl methyl sites for hydroxylation is 2. The van der Waals surface area contributed by atoms with E-state index < -0.39 is 0 Å². The van der Waals surface area contributed by atoms with Crippen molar-refractivity contribution >= 4 is 0 Å². The molecule has 0 unspecified atom stereocenters. The van der Waals surface area contributed by atoms with Gasteiger partial charge in [-0.15, -0.1) is 0 Å². The number of tetrazole rings is 1. The molecule has 152 valence electrons. The quantitative estimate of drug-likeness (QED) is 0.492. The van der Waals surface area contributed by atoms with Gasteiger partial charge in [0.05, 0.1) is 12.8 Å². The molecule has 0 bridgehead atoms. The summed E-state index contributed by atoms with van der Waals surface area (Å²) in [6.45, 7) is 2.19. The van der Waals surface area contributed by atoms with Gasteiger partial charge in [-0.1, -0.05) is 30.3 Å². The van der Waals surface area contributed by atoms with Crippen molar-refractivity contribution in [1.29, 1.82) is 0 Å². The first-order valence-corrected chi connectivity index (χ1v) is 9.38. The molecule has 0 atom stereocenters. The Morgan fingerprint density at radius 2 is 1.87 bits per heavy atom. The minimum absolute atomic E-state index is 0.230. The summed E-state index contributed by atoms with van der Waals surface area (Å²) in [6, 6.07) is 17.2. The van der Waals surface area contributed by atoms with Gasteiger partial charge < -0.3 is 9.47 Å². The van der Waals surface area contributed by atoms with Crippen molar-refractivity contribution in [2.75, 3.05) is 7.11 Å². The predicted octanol–water partition coefficient (Wildman–Crippen LogP) is 2.92. The lowest BCUT2D eigenvalue weighted by Crippen LogP contribution is -2.23. The zero-order valence-corrected chi connectivity index (χ0v) is 16.9. The highest BCUT2D eigenvalue weighted by atomic mass is 16.5. The lowest BCUT2D eigenvalue weighted by molar-refractivity contribution is 0.292. The van der Waals surface area contributed by atoms with E-state index in [9.17, 15) is 4.79 Å². The molecule has 0 aliphatic heterocycles. The fourth-order valence-corrected chi connectivity index (χ4v) is 3.22. The molecular weight excluding hydrogens is 382 g/mol. The van der Waals surface area contributed by atoms with Gasteiger partial charge in [0.2, 0.25) is 5.88 Å². The lowest BCUT2D eigenvalue weighted by Gasteiger charge is -2.13. The second-order valence-corrected chi connectivity index (χ2v) is 6.74. The molecule has 0 amide bonds. The van der Waals surface area contributed by atoms with Gasteiger partial charge in [0.25, 0.3) is 0 Å². The first kappa shape index (κ1) is 19.4. The summed E-state index contributed by atoms with van der Waals surface area (Å²) in [6.07, 6.45) is 1.70. The van der Waals surface area contributed by atoms with Crippen molar-refractivity contribution in [1.82, 2.24) is 24.8 Å². The average molecular weight is 403 g/mol. The van der Waals surface area contributed by atoms with Crippen LogP contribution in [0.25, 0.3) is 16.8 Å². The molecule has 0 aliphatic rings. The van der Waals surface area contributed by atoms with Crippen LogP contribution in [-0.2, 0) is 13.7 Å². The molecule has 2 heterocycles. The van der Waals surface area contributed by atoms with Crippen LogP contribution < -0.4 is 15.2 Å². The minimum atomic E-state index is -0.321. The average Bonchev–Trinajstić information content (AvgIpc) is 3.11. The van der Waals surface area contributed by atoms with Gasteiger partial charge in [0.1, 0.15) is 12.4 Å². The summed E-state index contributed by atoms with van der Waals surface area (Å²) in [5.41, 5.74) is 4.02. The molecule has 0 spiro atoms. The third-order valence-corrected chi connectivity index (χ3v) is 4.85. The molecular formula is C22H21N5O3. The summed E-state index contributed by atoms with van der Waals surface area (Å²) in [4.78, 5) is 16.6. The first-order chi connectivity index (χ1) is 14.6. The number of ether oxygens (including phenoxy) is 2. The predicted molar refractivity (Wildman–Crippen MR) is 112 cm³/mol. The number of rotatable bonds is 6. The van der Waals surface area contributed by atoms with E-state index >= 15 is 0 Å². The van der Waals surface area contributed by atoms with Gasteiger partial charge in [0.15, 0.2) is 0 Å². The largest absolute Gasteiger partial charge is 0.496 e. The molecule has 0 N–H and O–H groups in total. The zero-order valence-electron chi connectivity index (χ0n) is 16.9. The van der Waals surface area contributed by atoms with Crippen molar-refractivity contribution in [2.24, 2.45) is 7.05 Å². The Morgan fingerprint density at radius 3 is 2.63 bits per heavy atom. The highest BCUT2D eigenvalue weighted by molar-refractivity contribution is 5.70. The third kappa shape index (κ3) is 3.67. The highest BCUT2D eigenvalue weighted by Crippen LogP contribution is 2.31. The number of aromatic nitrogens is 5. The molecule has 4 rings (SSSR count). The van der Waals surface area contributed by atoms with Crippen molar-refractivity contribution in [3.05, 3.63) is 82.4 Å². The topological polar surface area (TPSA) is 84.1 Å². The molecule has 0 radical (unpaired) electrons. The van der Waals surface area contributed by atoms with Gasteiger partial charge in [-0.3, -0.25) is 0 Å². The van der Waals surface area contributed by atoms with Crippen LogP contribution in [0.4, 0.5) is 0 Å². The van der Waals surface area contributed by atoms with Crippen molar-refractivity contribution in [2.45, 2.75) is 13.5 Å². The SMILES string of the molecule is COc1ccccc1-c1ccnc(OCc2c(C)cccc2-n2nnn(C)c2=O)c1. The van der Waals surface area contributed by atoms with E-state index in [1.807, 2.05) is 61.5 Å². The fraction of sp³-hybridized carbons (Fsp3) is 0.182. The maximum Gasteiger partial charge on any atom is 0.368 e. The van der Waals surface area contributed by atoms with E-state index in [0.29, 0.717) is 11.6 Å². The highest BCUT2D eigenvalue weighted by Gasteiger charge is 2.14. The number of benzene rings is 2. The summed E-state index contributed by atoms with van der Waals surface area (Å²) >= 11 is 0. The van der Waals surface area contributed by atoms with E-state index in [0.717, 1.165) is 28.0 Å². The second-order valence-electron chi connectivity index (χ2n) is 6.74. The van der Waals surface area contributed by atoms with Gasteiger partial charge in [0, 0.05) is 30.4 Å². The van der Waals surface area contributed by atoms with E-state index in [1.165, 1.54) is 9.36 Å². The van der Waals surface area contributed by atoms with Gasteiger partial charge >= 0.3 is 5.69 Å². The van der Waals surface area contributed by atoms with Crippen LogP contribution in [0.5, 0.6) is 11.6 Å². The Balaban J connectivity index is 1.64. The Kier molecular flexibility index (Phi) is 5.30. The molecule has 8 heteroatoms. The van der Waals surface area contributed by atoms with Crippen molar-refractivity contribution in [3.63, 3.8) is 0 Å². The van der Waals surface area contributed by atoms with E-state index in [2.05, 4.69) is 15.4 Å². The smallest absolute Gasteiger partial charge is 0.368 e. The molecule has 2 aromatic heterocycles. The number of nitrogens with zero attached hydrogens (tertiary/aromatic N) is 5. The van der Waals surface area contributed by atoms with Crippen LogP contribution in [0.2, 0.25) is 0 Å². The lowest BCUT2D eigenvalue weighted by atomic mass is 10.1.